The van der Waals surface area contributed by atoms with Gasteiger partial charge in [0.1, 0.15) is 17.7 Å². The maximum atomic E-state index is 14.8. The second-order valence-corrected chi connectivity index (χ2v) is 11.3. The van der Waals surface area contributed by atoms with Crippen LogP contribution in [-0.4, -0.2) is 24.6 Å². The molecular formula is C27H27FN2O5S. The SMILES string of the molecule is CC(C)(C)C(Cc1cc(-c2ccccc2F)n(S(=O)(=O)c2cccc(-c3ccco3)c2)c1)OC(N)=O. The zero-order valence-electron chi connectivity index (χ0n) is 20.1. The minimum Gasteiger partial charge on any atom is -0.464 e. The van der Waals surface area contributed by atoms with Crippen molar-refractivity contribution in [1.29, 1.82) is 0 Å². The number of amides is 1. The van der Waals surface area contributed by atoms with Crippen molar-refractivity contribution in [2.75, 3.05) is 0 Å². The number of nitrogens with two attached hydrogens (primary N) is 1. The van der Waals surface area contributed by atoms with Crippen LogP contribution < -0.4 is 5.73 Å². The van der Waals surface area contributed by atoms with Crippen molar-refractivity contribution in [3.63, 3.8) is 0 Å². The Morgan fingerprint density at radius 3 is 2.47 bits per heavy atom. The number of rotatable bonds is 7. The highest BCUT2D eigenvalue weighted by Crippen LogP contribution is 2.33. The summed E-state index contributed by atoms with van der Waals surface area (Å²) >= 11 is 0. The Morgan fingerprint density at radius 1 is 1.08 bits per heavy atom. The molecule has 4 aromatic rings. The molecule has 0 aliphatic carbocycles. The molecule has 2 N–H and O–H groups in total. The van der Waals surface area contributed by atoms with Crippen LogP contribution in [0.2, 0.25) is 0 Å². The van der Waals surface area contributed by atoms with E-state index in [-0.39, 0.29) is 22.6 Å². The van der Waals surface area contributed by atoms with Gasteiger partial charge < -0.3 is 14.9 Å². The number of carbonyl (C=O) groups excluding carboxylic acids is 1. The number of furan rings is 1. The number of primary amides is 1. The first-order valence-corrected chi connectivity index (χ1v) is 12.7. The topological polar surface area (TPSA) is 105 Å². The summed E-state index contributed by atoms with van der Waals surface area (Å²) in [6.45, 7) is 5.64. The summed E-state index contributed by atoms with van der Waals surface area (Å²) in [6.07, 6.45) is 1.56. The predicted octanol–water partition coefficient (Wildman–Crippen LogP) is 5.84. The highest BCUT2D eigenvalue weighted by molar-refractivity contribution is 7.90. The van der Waals surface area contributed by atoms with Gasteiger partial charge in [-0.05, 0) is 53.4 Å². The zero-order chi connectivity index (χ0) is 26.1. The van der Waals surface area contributed by atoms with Gasteiger partial charge in [-0.15, -0.1) is 0 Å². The molecule has 0 saturated carbocycles. The third-order valence-corrected chi connectivity index (χ3v) is 7.50. The van der Waals surface area contributed by atoms with Crippen LogP contribution in [-0.2, 0) is 21.2 Å². The smallest absolute Gasteiger partial charge is 0.404 e. The largest absolute Gasteiger partial charge is 0.464 e. The lowest BCUT2D eigenvalue weighted by Gasteiger charge is -2.29. The van der Waals surface area contributed by atoms with Gasteiger partial charge in [0.25, 0.3) is 10.0 Å². The molecule has 9 heteroatoms. The van der Waals surface area contributed by atoms with E-state index < -0.39 is 33.5 Å². The van der Waals surface area contributed by atoms with Crippen LogP contribution in [0.15, 0.2) is 88.5 Å². The van der Waals surface area contributed by atoms with Gasteiger partial charge in [-0.3, -0.25) is 0 Å². The van der Waals surface area contributed by atoms with Gasteiger partial charge in [0.15, 0.2) is 0 Å². The van der Waals surface area contributed by atoms with Gasteiger partial charge in [-0.1, -0.05) is 45.0 Å². The average molecular weight is 511 g/mol. The van der Waals surface area contributed by atoms with Crippen molar-refractivity contribution in [2.45, 2.75) is 38.2 Å². The van der Waals surface area contributed by atoms with E-state index in [9.17, 15) is 17.6 Å². The van der Waals surface area contributed by atoms with Crippen LogP contribution in [0.5, 0.6) is 0 Å². The monoisotopic (exact) mass is 510 g/mol. The summed E-state index contributed by atoms with van der Waals surface area (Å²) in [7, 11) is -4.15. The minimum atomic E-state index is -4.15. The van der Waals surface area contributed by atoms with E-state index in [1.54, 1.807) is 36.4 Å². The van der Waals surface area contributed by atoms with Crippen molar-refractivity contribution in [3.8, 4) is 22.6 Å². The molecule has 0 fully saturated rings. The Kier molecular flexibility index (Phi) is 6.77. The Morgan fingerprint density at radius 2 is 1.83 bits per heavy atom. The van der Waals surface area contributed by atoms with Gasteiger partial charge in [-0.25, -0.2) is 21.6 Å². The van der Waals surface area contributed by atoms with Crippen LogP contribution in [0.4, 0.5) is 9.18 Å². The molecule has 0 saturated heterocycles. The molecule has 7 nitrogen and oxygen atoms in total. The Labute approximate surface area is 209 Å². The van der Waals surface area contributed by atoms with Crippen molar-refractivity contribution in [3.05, 3.63) is 90.6 Å². The highest BCUT2D eigenvalue weighted by Gasteiger charge is 2.30. The number of hydrogen-bond donors (Lipinski definition) is 1. The fraction of sp³-hybridized carbons (Fsp3) is 0.222. The predicted molar refractivity (Wildman–Crippen MR) is 134 cm³/mol. The van der Waals surface area contributed by atoms with Gasteiger partial charge in [0.2, 0.25) is 0 Å². The molecule has 36 heavy (non-hydrogen) atoms. The molecule has 0 aliphatic rings. The second-order valence-electron chi connectivity index (χ2n) is 9.52. The minimum absolute atomic E-state index is 0.0110. The first-order valence-electron chi connectivity index (χ1n) is 11.3. The summed E-state index contributed by atoms with van der Waals surface area (Å²) in [5, 5.41) is 0. The quantitative estimate of drug-likeness (QED) is 0.336. The lowest BCUT2D eigenvalue weighted by molar-refractivity contribution is 0.0374. The summed E-state index contributed by atoms with van der Waals surface area (Å²) in [5.41, 5.74) is 6.19. The van der Waals surface area contributed by atoms with E-state index >= 15 is 0 Å². The summed E-state index contributed by atoms with van der Waals surface area (Å²) in [6, 6.07) is 17.3. The van der Waals surface area contributed by atoms with E-state index in [1.165, 1.54) is 42.8 Å². The second kappa shape index (κ2) is 9.66. The Hall–Kier alpha value is -3.85. The number of carbonyl (C=O) groups is 1. The van der Waals surface area contributed by atoms with E-state index in [1.807, 2.05) is 20.8 Å². The molecule has 0 bridgehead atoms. The summed E-state index contributed by atoms with van der Waals surface area (Å²) < 4.78 is 54.3. The third kappa shape index (κ3) is 5.21. The number of ether oxygens (including phenoxy) is 1. The number of halogens is 1. The number of aromatic nitrogens is 1. The first kappa shape index (κ1) is 25.2. The van der Waals surface area contributed by atoms with E-state index in [4.69, 9.17) is 14.9 Å². The molecule has 188 valence electrons. The summed E-state index contributed by atoms with van der Waals surface area (Å²) in [4.78, 5) is 11.5. The third-order valence-electron chi connectivity index (χ3n) is 5.83. The van der Waals surface area contributed by atoms with Crippen LogP contribution in [0, 0.1) is 11.2 Å². The van der Waals surface area contributed by atoms with E-state index in [2.05, 4.69) is 0 Å². The van der Waals surface area contributed by atoms with Crippen LogP contribution in [0.3, 0.4) is 0 Å². The molecule has 2 aromatic carbocycles. The lowest BCUT2D eigenvalue weighted by atomic mass is 9.85. The van der Waals surface area contributed by atoms with Crippen molar-refractivity contribution in [1.82, 2.24) is 3.97 Å². The molecule has 1 amide bonds. The van der Waals surface area contributed by atoms with E-state index in [0.29, 0.717) is 16.9 Å². The first-order chi connectivity index (χ1) is 17.0. The molecule has 2 heterocycles. The van der Waals surface area contributed by atoms with Gasteiger partial charge in [0, 0.05) is 23.7 Å². The van der Waals surface area contributed by atoms with Gasteiger partial charge in [0.05, 0.1) is 16.9 Å². The van der Waals surface area contributed by atoms with Gasteiger partial charge in [-0.2, -0.15) is 0 Å². The van der Waals surface area contributed by atoms with Crippen molar-refractivity contribution < 1.29 is 26.8 Å². The molecule has 1 atom stereocenters. The fourth-order valence-corrected chi connectivity index (χ4v) is 5.36. The van der Waals surface area contributed by atoms with E-state index in [0.717, 1.165) is 3.97 Å². The van der Waals surface area contributed by atoms with Crippen molar-refractivity contribution in [2.24, 2.45) is 11.1 Å². The standard InChI is InChI=1S/C27H27FN2O5S/c1-27(2,3)25(35-26(29)31)15-18-14-23(21-10-4-5-11-22(21)28)30(17-18)36(32,33)20-9-6-8-19(16-20)24-12-7-13-34-24/h4-14,16-17,25H,15H2,1-3H3,(H2,29,31). The Balaban J connectivity index is 1.84. The molecular weight excluding hydrogens is 483 g/mol. The van der Waals surface area contributed by atoms with Crippen LogP contribution in [0.1, 0.15) is 26.3 Å². The molecule has 0 spiro atoms. The number of benzene rings is 2. The van der Waals surface area contributed by atoms with Gasteiger partial charge >= 0.3 is 6.09 Å². The van der Waals surface area contributed by atoms with Crippen LogP contribution >= 0.6 is 0 Å². The maximum absolute atomic E-state index is 14.8. The molecule has 1 unspecified atom stereocenters. The molecule has 0 aliphatic heterocycles. The number of nitrogens with zero attached hydrogens (tertiary/aromatic N) is 1. The molecule has 0 radical (unpaired) electrons. The highest BCUT2D eigenvalue weighted by atomic mass is 32.2. The Bertz CT molecular complexity index is 1480. The number of hydrogen-bond acceptors (Lipinski definition) is 5. The average Bonchev–Trinajstić information content (AvgIpc) is 3.49. The summed E-state index contributed by atoms with van der Waals surface area (Å²) in [5.74, 6) is -0.0464. The molecule has 4 rings (SSSR count). The fourth-order valence-electron chi connectivity index (χ4n) is 3.92. The maximum Gasteiger partial charge on any atom is 0.404 e. The lowest BCUT2D eigenvalue weighted by Crippen LogP contribution is -2.35. The van der Waals surface area contributed by atoms with Crippen molar-refractivity contribution >= 4 is 16.1 Å². The zero-order valence-corrected chi connectivity index (χ0v) is 21.0. The van der Waals surface area contributed by atoms with Crippen LogP contribution in [0.25, 0.3) is 22.6 Å². The normalized spacial score (nSPS) is 12.9. The molecule has 2 aromatic heterocycles.